The van der Waals surface area contributed by atoms with Crippen LogP contribution in [0.5, 0.6) is 17.2 Å². The summed E-state index contributed by atoms with van der Waals surface area (Å²) >= 11 is 6.16. The number of phenolic OH excluding ortho intramolecular Hbond substituents is 1. The van der Waals surface area contributed by atoms with Crippen LogP contribution in [0.3, 0.4) is 0 Å². The maximum Gasteiger partial charge on any atom is 0.230 e. The number of nitrogens with zero attached hydrogens (tertiary/aromatic N) is 3. The average Bonchev–Trinajstić information content (AvgIpc) is 3.20. The molecular formula is C22H18ClN3O3. The van der Waals surface area contributed by atoms with Crippen molar-refractivity contribution in [3.05, 3.63) is 82.6 Å². The van der Waals surface area contributed by atoms with Gasteiger partial charge in [-0.1, -0.05) is 29.8 Å². The third-order valence-corrected chi connectivity index (χ3v) is 5.45. The highest BCUT2D eigenvalue weighted by atomic mass is 35.5. The minimum atomic E-state index is -0.510. The highest BCUT2D eigenvalue weighted by Gasteiger charge is 2.43. The number of pyridine rings is 1. The van der Waals surface area contributed by atoms with Gasteiger partial charge in [-0.05, 0) is 36.4 Å². The number of hydrogen-bond donors (Lipinski definition) is 1. The number of aromatic nitrogens is 1. The molecule has 1 N–H and O–H groups in total. The van der Waals surface area contributed by atoms with Crippen LogP contribution in [0.4, 0.5) is 0 Å². The Morgan fingerprint density at radius 2 is 2.07 bits per heavy atom. The van der Waals surface area contributed by atoms with Gasteiger partial charge in [-0.2, -0.15) is 5.10 Å². The lowest BCUT2D eigenvalue weighted by Gasteiger charge is -2.38. The van der Waals surface area contributed by atoms with E-state index in [1.165, 1.54) is 0 Å². The Bertz CT molecular complexity index is 1100. The number of hydrazone groups is 1. The second kappa shape index (κ2) is 6.97. The first-order valence-corrected chi connectivity index (χ1v) is 9.62. The van der Waals surface area contributed by atoms with Crippen LogP contribution < -0.4 is 9.47 Å². The zero-order chi connectivity index (χ0) is 20.0. The Balaban J connectivity index is 1.64. The Morgan fingerprint density at radius 1 is 1.17 bits per heavy atom. The van der Waals surface area contributed by atoms with Crippen molar-refractivity contribution in [3.63, 3.8) is 0 Å². The van der Waals surface area contributed by atoms with Crippen molar-refractivity contribution < 1.29 is 14.6 Å². The van der Waals surface area contributed by atoms with Crippen LogP contribution in [0.2, 0.25) is 5.02 Å². The standard InChI is InChI=1S/C22H18ClN3O3/c1-28-20-7-4-5-14-18-12-17(15-11-13(23)8-9-19(15)27)25-26(18)22(29-21(14)20)16-6-2-3-10-24-16/h2-11,18,22,27H,12H2,1H3/t18-,22+/m1/s1. The summed E-state index contributed by atoms with van der Waals surface area (Å²) in [5, 5.41) is 17.6. The van der Waals surface area contributed by atoms with E-state index in [0.29, 0.717) is 28.5 Å². The van der Waals surface area contributed by atoms with Crippen LogP contribution in [0, 0.1) is 0 Å². The molecule has 29 heavy (non-hydrogen) atoms. The molecule has 3 aromatic rings. The number of benzene rings is 2. The zero-order valence-electron chi connectivity index (χ0n) is 15.6. The van der Waals surface area contributed by atoms with E-state index >= 15 is 0 Å². The van der Waals surface area contributed by atoms with Crippen molar-refractivity contribution in [1.82, 2.24) is 9.99 Å². The topological polar surface area (TPSA) is 67.2 Å². The molecule has 3 heterocycles. The quantitative estimate of drug-likeness (QED) is 0.682. The number of ether oxygens (including phenoxy) is 2. The summed E-state index contributed by atoms with van der Waals surface area (Å²) in [4.78, 5) is 4.47. The molecule has 6 nitrogen and oxygen atoms in total. The van der Waals surface area contributed by atoms with E-state index in [2.05, 4.69) is 4.98 Å². The Kier molecular flexibility index (Phi) is 4.28. The maximum atomic E-state index is 10.4. The summed E-state index contributed by atoms with van der Waals surface area (Å²) in [5.74, 6) is 1.51. The van der Waals surface area contributed by atoms with E-state index in [-0.39, 0.29) is 11.8 Å². The fraction of sp³-hybridized carbons (Fsp3) is 0.182. The fourth-order valence-electron chi connectivity index (χ4n) is 3.86. The number of phenols is 1. The zero-order valence-corrected chi connectivity index (χ0v) is 16.4. The van der Waals surface area contributed by atoms with Gasteiger partial charge in [0, 0.05) is 28.8 Å². The molecule has 1 aromatic heterocycles. The van der Waals surface area contributed by atoms with Gasteiger partial charge in [-0.25, -0.2) is 5.01 Å². The lowest BCUT2D eigenvalue weighted by atomic mass is 9.95. The second-order valence-electron chi connectivity index (χ2n) is 6.91. The highest BCUT2D eigenvalue weighted by molar-refractivity contribution is 6.31. The van der Waals surface area contributed by atoms with E-state index in [1.807, 2.05) is 41.4 Å². The van der Waals surface area contributed by atoms with Crippen molar-refractivity contribution in [3.8, 4) is 17.2 Å². The van der Waals surface area contributed by atoms with Crippen molar-refractivity contribution in [2.24, 2.45) is 5.10 Å². The predicted molar refractivity (Wildman–Crippen MR) is 109 cm³/mol. The van der Waals surface area contributed by atoms with Crippen LogP contribution in [-0.4, -0.2) is 27.9 Å². The monoisotopic (exact) mass is 407 g/mol. The van der Waals surface area contributed by atoms with Gasteiger partial charge in [0.05, 0.1) is 18.9 Å². The van der Waals surface area contributed by atoms with Gasteiger partial charge >= 0.3 is 0 Å². The molecule has 7 heteroatoms. The van der Waals surface area contributed by atoms with E-state index < -0.39 is 6.23 Å². The number of aromatic hydroxyl groups is 1. The molecule has 0 saturated heterocycles. The van der Waals surface area contributed by atoms with Crippen LogP contribution in [0.25, 0.3) is 0 Å². The Labute approximate surface area is 173 Å². The molecule has 0 amide bonds. The largest absolute Gasteiger partial charge is 0.507 e. The van der Waals surface area contributed by atoms with Gasteiger partial charge in [0.25, 0.3) is 0 Å². The molecule has 0 bridgehead atoms. The van der Waals surface area contributed by atoms with Crippen molar-refractivity contribution in [1.29, 1.82) is 0 Å². The van der Waals surface area contributed by atoms with Gasteiger partial charge < -0.3 is 14.6 Å². The van der Waals surface area contributed by atoms with Crippen LogP contribution in [-0.2, 0) is 0 Å². The summed E-state index contributed by atoms with van der Waals surface area (Å²) in [5.41, 5.74) is 3.09. The molecule has 5 rings (SSSR count). The first-order valence-electron chi connectivity index (χ1n) is 9.25. The van der Waals surface area contributed by atoms with Crippen LogP contribution >= 0.6 is 11.6 Å². The number of fused-ring (bicyclic) bond motifs is 3. The molecule has 0 fully saturated rings. The first-order chi connectivity index (χ1) is 14.2. The highest BCUT2D eigenvalue weighted by Crippen LogP contribution is 2.50. The summed E-state index contributed by atoms with van der Waals surface area (Å²) in [6.07, 6.45) is 1.82. The van der Waals surface area contributed by atoms with Gasteiger partial charge in [0.2, 0.25) is 6.23 Å². The van der Waals surface area contributed by atoms with Gasteiger partial charge in [0.15, 0.2) is 11.5 Å². The third kappa shape index (κ3) is 2.96. The first kappa shape index (κ1) is 17.8. The molecule has 0 saturated carbocycles. The number of para-hydroxylation sites is 1. The van der Waals surface area contributed by atoms with Gasteiger partial charge in [-0.3, -0.25) is 4.98 Å². The van der Waals surface area contributed by atoms with Crippen LogP contribution in [0.1, 0.15) is 35.5 Å². The molecule has 0 unspecified atom stereocenters. The van der Waals surface area contributed by atoms with E-state index in [1.54, 1.807) is 31.5 Å². The van der Waals surface area contributed by atoms with Gasteiger partial charge in [0.1, 0.15) is 11.4 Å². The molecular weight excluding hydrogens is 390 g/mol. The van der Waals surface area contributed by atoms with E-state index in [9.17, 15) is 5.11 Å². The summed E-state index contributed by atoms with van der Waals surface area (Å²) < 4.78 is 11.9. The maximum absolute atomic E-state index is 10.4. The molecule has 2 aliphatic rings. The summed E-state index contributed by atoms with van der Waals surface area (Å²) in [7, 11) is 1.63. The molecule has 0 radical (unpaired) electrons. The average molecular weight is 408 g/mol. The lowest BCUT2D eigenvalue weighted by molar-refractivity contribution is -0.0236. The van der Waals surface area contributed by atoms with Crippen molar-refractivity contribution in [2.45, 2.75) is 18.7 Å². The molecule has 0 spiro atoms. The summed E-state index contributed by atoms with van der Waals surface area (Å²) in [6.45, 7) is 0. The Morgan fingerprint density at radius 3 is 2.86 bits per heavy atom. The SMILES string of the molecule is COc1cccc2c1O[C@@H](c1ccccn1)N1N=C(c3cc(Cl)ccc3O)C[C@H]21. The number of hydrogen-bond acceptors (Lipinski definition) is 6. The Hall–Kier alpha value is -3.25. The lowest BCUT2D eigenvalue weighted by Crippen LogP contribution is -2.34. The van der Waals surface area contributed by atoms with Crippen LogP contribution in [0.15, 0.2) is 65.9 Å². The molecule has 2 aliphatic heterocycles. The number of halogens is 1. The van der Waals surface area contributed by atoms with Crippen molar-refractivity contribution in [2.75, 3.05) is 7.11 Å². The number of rotatable bonds is 3. The number of methoxy groups -OCH3 is 1. The third-order valence-electron chi connectivity index (χ3n) is 5.21. The van der Waals surface area contributed by atoms with Crippen molar-refractivity contribution >= 4 is 17.3 Å². The van der Waals surface area contributed by atoms with E-state index in [4.69, 9.17) is 26.2 Å². The van der Waals surface area contributed by atoms with Gasteiger partial charge in [-0.15, -0.1) is 0 Å². The molecule has 0 aliphatic carbocycles. The normalized spacial score (nSPS) is 19.8. The minimum Gasteiger partial charge on any atom is -0.507 e. The second-order valence-corrected chi connectivity index (χ2v) is 7.35. The minimum absolute atomic E-state index is 0.0748. The van der Waals surface area contributed by atoms with E-state index in [0.717, 1.165) is 17.0 Å². The molecule has 2 atom stereocenters. The fourth-order valence-corrected chi connectivity index (χ4v) is 4.04. The summed E-state index contributed by atoms with van der Waals surface area (Å²) in [6, 6.07) is 16.4. The molecule has 2 aromatic carbocycles. The smallest absolute Gasteiger partial charge is 0.230 e. The predicted octanol–water partition coefficient (Wildman–Crippen LogP) is 4.69. The molecule has 146 valence electrons.